The van der Waals surface area contributed by atoms with Gasteiger partial charge in [0.25, 0.3) is 5.91 Å². The fraction of sp³-hybridized carbons (Fsp3) is 0.667. The Morgan fingerprint density at radius 1 is 0.926 bits per heavy atom. The molecule has 3 heterocycles. The number of hydrogen-bond acceptors (Lipinski definition) is 7. The zero-order valence-electron chi connectivity index (χ0n) is 16.1. The van der Waals surface area contributed by atoms with Crippen molar-refractivity contribution in [2.45, 2.75) is 13.8 Å². The van der Waals surface area contributed by atoms with Crippen LogP contribution in [0.4, 0.5) is 10.6 Å². The van der Waals surface area contributed by atoms with Crippen LogP contribution < -0.4 is 4.90 Å². The van der Waals surface area contributed by atoms with Gasteiger partial charge >= 0.3 is 6.09 Å². The average molecular weight is 376 g/mol. The van der Waals surface area contributed by atoms with Crippen LogP contribution in [0.3, 0.4) is 0 Å². The molecule has 2 saturated heterocycles. The van der Waals surface area contributed by atoms with Crippen LogP contribution in [0, 0.1) is 0 Å². The molecule has 1 aromatic heterocycles. The van der Waals surface area contributed by atoms with Gasteiger partial charge in [0.05, 0.1) is 6.61 Å². The van der Waals surface area contributed by atoms with Crippen molar-refractivity contribution in [3.63, 3.8) is 0 Å². The Labute approximate surface area is 159 Å². The highest BCUT2D eigenvalue weighted by atomic mass is 16.6. The summed E-state index contributed by atoms with van der Waals surface area (Å²) in [7, 11) is 0. The highest BCUT2D eigenvalue weighted by Gasteiger charge is 2.26. The zero-order chi connectivity index (χ0) is 19.2. The molecule has 0 N–H and O–H groups in total. The van der Waals surface area contributed by atoms with Gasteiger partial charge in [0.15, 0.2) is 11.5 Å². The number of piperazine rings is 2. The van der Waals surface area contributed by atoms with Crippen molar-refractivity contribution in [2.75, 3.05) is 70.4 Å². The number of anilines is 1. The summed E-state index contributed by atoms with van der Waals surface area (Å²) in [4.78, 5) is 32.3. The van der Waals surface area contributed by atoms with Gasteiger partial charge in [-0.15, -0.1) is 10.2 Å². The van der Waals surface area contributed by atoms with Crippen molar-refractivity contribution >= 4 is 17.8 Å². The maximum atomic E-state index is 12.6. The second kappa shape index (κ2) is 8.98. The van der Waals surface area contributed by atoms with Crippen LogP contribution in [0.1, 0.15) is 24.3 Å². The first-order valence-electron chi connectivity index (χ1n) is 9.64. The number of likely N-dealkylation sites (N-methyl/N-ethyl adjacent to an activating group) is 1. The highest BCUT2D eigenvalue weighted by Crippen LogP contribution is 2.14. The molecule has 0 atom stereocenters. The summed E-state index contributed by atoms with van der Waals surface area (Å²) < 4.78 is 5.00. The van der Waals surface area contributed by atoms with E-state index >= 15 is 0 Å². The minimum atomic E-state index is -0.322. The molecule has 0 bridgehead atoms. The quantitative estimate of drug-likeness (QED) is 0.758. The molecule has 0 spiro atoms. The third kappa shape index (κ3) is 4.65. The average Bonchev–Trinajstić information content (AvgIpc) is 2.74. The minimum Gasteiger partial charge on any atom is -0.450 e. The number of amides is 2. The number of hydrogen-bond donors (Lipinski definition) is 0. The number of carbonyl (C=O) groups excluding carboxylic acids is 2. The van der Waals surface area contributed by atoms with Crippen LogP contribution >= 0.6 is 0 Å². The number of ether oxygens (including phenoxy) is 1. The van der Waals surface area contributed by atoms with Crippen LogP contribution in [0.25, 0.3) is 0 Å². The molecule has 27 heavy (non-hydrogen) atoms. The van der Waals surface area contributed by atoms with E-state index in [1.807, 2.05) is 6.07 Å². The van der Waals surface area contributed by atoms with Crippen LogP contribution in [-0.2, 0) is 4.74 Å². The largest absolute Gasteiger partial charge is 0.450 e. The Bertz CT molecular complexity index is 637. The zero-order valence-corrected chi connectivity index (χ0v) is 16.1. The molecule has 9 nitrogen and oxygen atoms in total. The third-order valence-corrected chi connectivity index (χ3v) is 5.11. The molecule has 0 aliphatic carbocycles. The Kier molecular flexibility index (Phi) is 6.44. The molecule has 0 saturated carbocycles. The van der Waals surface area contributed by atoms with E-state index in [2.05, 4.69) is 26.9 Å². The SMILES string of the molecule is CCOC(=O)N1CCN(C(=O)c2ccc(N3CCN(CC)CC3)nn2)CC1. The molecule has 2 fully saturated rings. The molecule has 9 heteroatoms. The van der Waals surface area contributed by atoms with Crippen LogP contribution in [0.5, 0.6) is 0 Å². The van der Waals surface area contributed by atoms with Gasteiger partial charge in [0.1, 0.15) is 0 Å². The first-order valence-corrected chi connectivity index (χ1v) is 9.64. The van der Waals surface area contributed by atoms with E-state index in [4.69, 9.17) is 4.74 Å². The van der Waals surface area contributed by atoms with E-state index in [0.29, 0.717) is 38.5 Å². The van der Waals surface area contributed by atoms with Gasteiger partial charge in [-0.2, -0.15) is 0 Å². The van der Waals surface area contributed by atoms with Crippen molar-refractivity contribution in [3.05, 3.63) is 17.8 Å². The van der Waals surface area contributed by atoms with E-state index in [0.717, 1.165) is 38.5 Å². The molecule has 2 aliphatic rings. The van der Waals surface area contributed by atoms with Crippen LogP contribution in [0.15, 0.2) is 12.1 Å². The monoisotopic (exact) mass is 376 g/mol. The molecule has 2 amide bonds. The topological polar surface area (TPSA) is 82.1 Å². The van der Waals surface area contributed by atoms with Gasteiger partial charge in [-0.1, -0.05) is 6.92 Å². The van der Waals surface area contributed by atoms with Gasteiger partial charge in [0.2, 0.25) is 0 Å². The standard InChI is InChI=1S/C18H28N6O3/c1-3-21-7-9-22(10-8-21)16-6-5-15(19-20-16)17(25)23-11-13-24(14-12-23)18(26)27-4-2/h5-6H,3-4,7-14H2,1-2H3. The highest BCUT2D eigenvalue weighted by molar-refractivity contribution is 5.92. The summed E-state index contributed by atoms with van der Waals surface area (Å²) in [6, 6.07) is 3.62. The summed E-state index contributed by atoms with van der Waals surface area (Å²) in [6.45, 7) is 11.1. The smallest absolute Gasteiger partial charge is 0.409 e. The van der Waals surface area contributed by atoms with Crippen LogP contribution in [0.2, 0.25) is 0 Å². The van der Waals surface area contributed by atoms with Crippen molar-refractivity contribution in [1.82, 2.24) is 24.9 Å². The molecule has 0 aromatic carbocycles. The molecule has 3 rings (SSSR count). The summed E-state index contributed by atoms with van der Waals surface area (Å²) in [6.07, 6.45) is -0.322. The lowest BCUT2D eigenvalue weighted by atomic mass is 10.2. The van der Waals surface area contributed by atoms with Gasteiger partial charge in [-0.3, -0.25) is 4.79 Å². The lowest BCUT2D eigenvalue weighted by Crippen LogP contribution is -2.51. The van der Waals surface area contributed by atoms with E-state index in [1.54, 1.807) is 22.8 Å². The Hall–Kier alpha value is -2.42. The second-order valence-electron chi connectivity index (χ2n) is 6.68. The summed E-state index contributed by atoms with van der Waals surface area (Å²) in [5.41, 5.74) is 0.343. The summed E-state index contributed by atoms with van der Waals surface area (Å²) in [5, 5.41) is 8.41. The van der Waals surface area contributed by atoms with Crippen molar-refractivity contribution in [1.29, 1.82) is 0 Å². The Morgan fingerprint density at radius 3 is 2.15 bits per heavy atom. The van der Waals surface area contributed by atoms with Gasteiger partial charge < -0.3 is 24.3 Å². The third-order valence-electron chi connectivity index (χ3n) is 5.11. The molecule has 2 aliphatic heterocycles. The van der Waals surface area contributed by atoms with Gasteiger partial charge in [0, 0.05) is 52.4 Å². The molecular weight excluding hydrogens is 348 g/mol. The van der Waals surface area contributed by atoms with Gasteiger partial charge in [-0.05, 0) is 25.6 Å². The molecule has 0 radical (unpaired) electrons. The number of aromatic nitrogens is 2. The fourth-order valence-corrected chi connectivity index (χ4v) is 3.37. The minimum absolute atomic E-state index is 0.145. The normalized spacial score (nSPS) is 18.5. The van der Waals surface area contributed by atoms with E-state index < -0.39 is 0 Å². The lowest BCUT2D eigenvalue weighted by Gasteiger charge is -2.35. The molecular formula is C18H28N6O3. The fourth-order valence-electron chi connectivity index (χ4n) is 3.37. The predicted octanol–water partition coefficient (Wildman–Crippen LogP) is 0.533. The number of rotatable bonds is 4. The summed E-state index contributed by atoms with van der Waals surface area (Å²) in [5.74, 6) is 0.669. The Balaban J connectivity index is 1.53. The summed E-state index contributed by atoms with van der Waals surface area (Å²) >= 11 is 0. The number of nitrogens with zero attached hydrogens (tertiary/aromatic N) is 6. The van der Waals surface area contributed by atoms with Crippen LogP contribution in [-0.4, -0.2) is 102 Å². The molecule has 1 aromatic rings. The van der Waals surface area contributed by atoms with E-state index in [-0.39, 0.29) is 12.0 Å². The van der Waals surface area contributed by atoms with Crippen molar-refractivity contribution < 1.29 is 14.3 Å². The Morgan fingerprint density at radius 2 is 1.59 bits per heavy atom. The van der Waals surface area contributed by atoms with Crippen molar-refractivity contribution in [2.24, 2.45) is 0 Å². The van der Waals surface area contributed by atoms with E-state index in [9.17, 15) is 9.59 Å². The second-order valence-corrected chi connectivity index (χ2v) is 6.68. The van der Waals surface area contributed by atoms with E-state index in [1.165, 1.54) is 0 Å². The molecule has 148 valence electrons. The predicted molar refractivity (Wildman–Crippen MR) is 101 cm³/mol. The lowest BCUT2D eigenvalue weighted by molar-refractivity contribution is 0.0565. The molecule has 0 unspecified atom stereocenters. The van der Waals surface area contributed by atoms with Crippen molar-refractivity contribution in [3.8, 4) is 0 Å². The van der Waals surface area contributed by atoms with Gasteiger partial charge in [-0.25, -0.2) is 4.79 Å². The maximum Gasteiger partial charge on any atom is 0.409 e. The number of carbonyl (C=O) groups is 2. The first-order chi connectivity index (χ1) is 13.1. The first kappa shape index (κ1) is 19.3. The maximum absolute atomic E-state index is 12.6.